The minimum atomic E-state index is -0.440. The summed E-state index contributed by atoms with van der Waals surface area (Å²) in [5, 5.41) is 14.5. The summed E-state index contributed by atoms with van der Waals surface area (Å²) >= 11 is 0. The summed E-state index contributed by atoms with van der Waals surface area (Å²) in [7, 11) is 1.60. The molecule has 0 radical (unpaired) electrons. The van der Waals surface area contributed by atoms with Crippen LogP contribution < -0.4 is 4.74 Å². The highest BCUT2D eigenvalue weighted by Gasteiger charge is 2.05. The number of methoxy groups -OCH3 is 1. The van der Waals surface area contributed by atoms with Gasteiger partial charge in [-0.25, -0.2) is 0 Å². The molecule has 21 heavy (non-hydrogen) atoms. The van der Waals surface area contributed by atoms with E-state index in [0.717, 1.165) is 11.3 Å². The lowest BCUT2D eigenvalue weighted by molar-refractivity contribution is -0.384. The molecule has 0 amide bonds. The molecule has 0 unspecified atom stereocenters. The first-order chi connectivity index (χ1) is 10.2. The Labute approximate surface area is 121 Å². The van der Waals surface area contributed by atoms with Crippen LogP contribution in [0.3, 0.4) is 0 Å². The molecule has 2 rings (SSSR count). The number of hydrogen-bond donors (Lipinski definition) is 0. The number of nitro benzene ring substituents is 1. The van der Waals surface area contributed by atoms with Crippen molar-refractivity contribution in [3.05, 3.63) is 69.8 Å². The van der Waals surface area contributed by atoms with Gasteiger partial charge in [0.05, 0.1) is 18.2 Å². The third kappa shape index (κ3) is 4.31. The van der Waals surface area contributed by atoms with Crippen molar-refractivity contribution >= 4 is 11.9 Å². The van der Waals surface area contributed by atoms with Gasteiger partial charge in [-0.15, -0.1) is 0 Å². The lowest BCUT2D eigenvalue weighted by atomic mass is 10.2. The quantitative estimate of drug-likeness (QED) is 0.464. The Balaban J connectivity index is 1.89. The second-order valence-corrected chi connectivity index (χ2v) is 4.21. The molecule has 0 saturated carbocycles. The first kappa shape index (κ1) is 14.5. The smallest absolute Gasteiger partial charge is 0.269 e. The summed E-state index contributed by atoms with van der Waals surface area (Å²) in [5.41, 5.74) is 1.60. The van der Waals surface area contributed by atoms with Gasteiger partial charge in [0.2, 0.25) is 0 Å². The van der Waals surface area contributed by atoms with E-state index < -0.39 is 4.92 Å². The van der Waals surface area contributed by atoms with Crippen LogP contribution in [-0.2, 0) is 11.4 Å². The zero-order chi connectivity index (χ0) is 15.1. The van der Waals surface area contributed by atoms with Crippen LogP contribution in [0.5, 0.6) is 5.75 Å². The Morgan fingerprint density at radius 1 is 1.24 bits per heavy atom. The predicted molar refractivity (Wildman–Crippen MR) is 78.5 cm³/mol. The first-order valence-corrected chi connectivity index (χ1v) is 6.22. The fourth-order valence-corrected chi connectivity index (χ4v) is 1.66. The summed E-state index contributed by atoms with van der Waals surface area (Å²) in [4.78, 5) is 15.3. The van der Waals surface area contributed by atoms with E-state index in [1.54, 1.807) is 25.5 Å². The molecular formula is C15H14N2O4. The molecule has 0 aromatic heterocycles. The highest BCUT2D eigenvalue weighted by atomic mass is 16.6. The molecule has 6 nitrogen and oxygen atoms in total. The number of rotatable bonds is 6. The molecule has 108 valence electrons. The van der Waals surface area contributed by atoms with Crippen LogP contribution in [0.2, 0.25) is 0 Å². The average molecular weight is 286 g/mol. The minimum Gasteiger partial charge on any atom is -0.497 e. The molecule has 0 saturated heterocycles. The number of oxime groups is 1. The van der Waals surface area contributed by atoms with Gasteiger partial charge < -0.3 is 9.57 Å². The van der Waals surface area contributed by atoms with E-state index in [4.69, 9.17) is 9.57 Å². The van der Waals surface area contributed by atoms with Crippen molar-refractivity contribution in [2.75, 3.05) is 7.11 Å². The van der Waals surface area contributed by atoms with Crippen LogP contribution in [0.1, 0.15) is 11.1 Å². The summed E-state index contributed by atoms with van der Waals surface area (Å²) in [6.07, 6.45) is 1.57. The number of nitrogens with zero attached hydrogens (tertiary/aromatic N) is 2. The fourth-order valence-electron chi connectivity index (χ4n) is 1.66. The predicted octanol–water partition coefficient (Wildman–Crippen LogP) is 3.15. The van der Waals surface area contributed by atoms with Gasteiger partial charge in [-0.05, 0) is 35.4 Å². The van der Waals surface area contributed by atoms with Crippen molar-refractivity contribution in [1.29, 1.82) is 0 Å². The second-order valence-electron chi connectivity index (χ2n) is 4.21. The Morgan fingerprint density at radius 3 is 2.67 bits per heavy atom. The maximum absolute atomic E-state index is 10.6. The third-order valence-corrected chi connectivity index (χ3v) is 2.74. The van der Waals surface area contributed by atoms with Gasteiger partial charge in [0.1, 0.15) is 12.4 Å². The minimum absolute atomic E-state index is 0.0373. The normalized spacial score (nSPS) is 10.5. The van der Waals surface area contributed by atoms with E-state index in [0.29, 0.717) is 5.56 Å². The first-order valence-electron chi connectivity index (χ1n) is 6.22. The molecule has 0 aliphatic rings. The van der Waals surface area contributed by atoms with Crippen molar-refractivity contribution in [3.63, 3.8) is 0 Å². The Morgan fingerprint density at radius 2 is 2.00 bits per heavy atom. The molecule has 0 heterocycles. The lowest BCUT2D eigenvalue weighted by Gasteiger charge is -2.00. The summed E-state index contributed by atoms with van der Waals surface area (Å²) in [5.74, 6) is 0.768. The number of ether oxygens (including phenoxy) is 1. The Kier molecular flexibility index (Phi) is 4.87. The second kappa shape index (κ2) is 7.04. The molecule has 0 bridgehead atoms. The monoisotopic (exact) mass is 286 g/mol. The van der Waals surface area contributed by atoms with Gasteiger partial charge in [-0.3, -0.25) is 10.1 Å². The van der Waals surface area contributed by atoms with Gasteiger partial charge in [0.25, 0.3) is 5.69 Å². The van der Waals surface area contributed by atoms with Crippen molar-refractivity contribution in [2.45, 2.75) is 6.61 Å². The molecule has 0 aliphatic heterocycles. The van der Waals surface area contributed by atoms with Crippen LogP contribution in [0.4, 0.5) is 5.69 Å². The van der Waals surface area contributed by atoms with Gasteiger partial charge in [-0.2, -0.15) is 0 Å². The number of benzene rings is 2. The van der Waals surface area contributed by atoms with Crippen molar-refractivity contribution < 1.29 is 14.5 Å². The van der Waals surface area contributed by atoms with E-state index in [1.807, 2.05) is 24.3 Å². The van der Waals surface area contributed by atoms with Crippen LogP contribution >= 0.6 is 0 Å². The summed E-state index contributed by atoms with van der Waals surface area (Å²) in [6.45, 7) is 0.175. The van der Waals surface area contributed by atoms with Crippen molar-refractivity contribution in [1.82, 2.24) is 0 Å². The maximum Gasteiger partial charge on any atom is 0.269 e. The Hall–Kier alpha value is -2.89. The van der Waals surface area contributed by atoms with E-state index in [9.17, 15) is 10.1 Å². The molecule has 0 fully saturated rings. The van der Waals surface area contributed by atoms with E-state index in [-0.39, 0.29) is 12.3 Å². The van der Waals surface area contributed by atoms with Crippen LogP contribution in [0.15, 0.2) is 53.7 Å². The SMILES string of the molecule is COc1ccc(/C=N\OCc2cccc([N+](=O)[O-])c2)cc1. The largest absolute Gasteiger partial charge is 0.497 e. The van der Waals surface area contributed by atoms with Gasteiger partial charge in [0, 0.05) is 12.1 Å². The van der Waals surface area contributed by atoms with Gasteiger partial charge in [-0.1, -0.05) is 17.3 Å². The van der Waals surface area contributed by atoms with E-state index in [2.05, 4.69) is 5.16 Å². The lowest BCUT2D eigenvalue weighted by Crippen LogP contribution is -1.92. The number of nitro groups is 1. The molecule has 0 atom stereocenters. The third-order valence-electron chi connectivity index (χ3n) is 2.74. The number of non-ortho nitro benzene ring substituents is 1. The number of hydrogen-bond acceptors (Lipinski definition) is 5. The molecule has 6 heteroatoms. The van der Waals surface area contributed by atoms with E-state index >= 15 is 0 Å². The standard InChI is InChI=1S/C15H14N2O4/c1-20-15-7-5-12(6-8-15)10-16-21-11-13-3-2-4-14(9-13)17(18)19/h2-10H,11H2,1H3/b16-10-. The molecule has 0 aliphatic carbocycles. The zero-order valence-electron chi connectivity index (χ0n) is 11.4. The highest BCUT2D eigenvalue weighted by Crippen LogP contribution is 2.14. The maximum atomic E-state index is 10.6. The highest BCUT2D eigenvalue weighted by molar-refractivity contribution is 5.79. The zero-order valence-corrected chi connectivity index (χ0v) is 11.4. The van der Waals surface area contributed by atoms with E-state index in [1.165, 1.54) is 12.1 Å². The Bertz CT molecular complexity index is 638. The molecule has 0 spiro atoms. The van der Waals surface area contributed by atoms with Crippen molar-refractivity contribution in [2.24, 2.45) is 5.16 Å². The summed E-state index contributed by atoms with van der Waals surface area (Å²) < 4.78 is 5.05. The molecule has 2 aromatic carbocycles. The van der Waals surface area contributed by atoms with Crippen LogP contribution in [0, 0.1) is 10.1 Å². The molecule has 0 N–H and O–H groups in total. The summed E-state index contributed by atoms with van der Waals surface area (Å²) in [6, 6.07) is 13.6. The average Bonchev–Trinajstić information content (AvgIpc) is 2.52. The van der Waals surface area contributed by atoms with Gasteiger partial charge in [0.15, 0.2) is 0 Å². The topological polar surface area (TPSA) is 74.0 Å². The van der Waals surface area contributed by atoms with Crippen molar-refractivity contribution in [3.8, 4) is 5.75 Å². The fraction of sp³-hybridized carbons (Fsp3) is 0.133. The molecular weight excluding hydrogens is 272 g/mol. The van der Waals surface area contributed by atoms with Crippen LogP contribution in [-0.4, -0.2) is 18.2 Å². The van der Waals surface area contributed by atoms with Crippen LogP contribution in [0.25, 0.3) is 0 Å². The molecule has 2 aromatic rings. The van der Waals surface area contributed by atoms with Gasteiger partial charge >= 0.3 is 0 Å².